The first-order valence-corrected chi connectivity index (χ1v) is 16.2. The number of hydrogen-bond acceptors (Lipinski definition) is 1. The monoisotopic (exact) mass is 596 g/mol. The lowest BCUT2D eigenvalue weighted by Crippen LogP contribution is -1.93. The molecule has 0 spiro atoms. The van der Waals surface area contributed by atoms with Crippen molar-refractivity contribution in [3.63, 3.8) is 0 Å². The Hall–Kier alpha value is -6.18. The Morgan fingerprint density at radius 3 is 1.57 bits per heavy atom. The van der Waals surface area contributed by atoms with E-state index >= 15 is 0 Å². The van der Waals surface area contributed by atoms with Crippen molar-refractivity contribution in [3.05, 3.63) is 170 Å². The predicted octanol–water partition coefficient (Wildman–Crippen LogP) is 13.2. The molecule has 0 saturated carbocycles. The van der Waals surface area contributed by atoms with Gasteiger partial charge in [-0.15, -0.1) is 0 Å². The van der Waals surface area contributed by atoms with Gasteiger partial charge in [0.15, 0.2) is 0 Å². The SMILES string of the molecule is c1ccc(-c2ccccc2-c2c3ccccc3c(-c3cccc(-c4cc5cccc6oc7cccc4c7c56)c3)c3ccccc23)cc1. The molecule has 0 atom stereocenters. The Morgan fingerprint density at radius 1 is 0.298 bits per heavy atom. The second kappa shape index (κ2) is 10.2. The molecular weight excluding hydrogens is 569 g/mol. The third-order valence-electron chi connectivity index (χ3n) is 9.82. The highest BCUT2D eigenvalue weighted by Gasteiger charge is 2.20. The summed E-state index contributed by atoms with van der Waals surface area (Å²) < 4.78 is 6.28. The van der Waals surface area contributed by atoms with E-state index in [2.05, 4.69) is 170 Å². The van der Waals surface area contributed by atoms with Gasteiger partial charge in [0, 0.05) is 10.8 Å². The number of furan rings is 1. The van der Waals surface area contributed by atoms with E-state index in [1.165, 1.54) is 87.6 Å². The molecule has 1 aromatic heterocycles. The predicted molar refractivity (Wildman–Crippen MR) is 199 cm³/mol. The third kappa shape index (κ3) is 3.90. The lowest BCUT2D eigenvalue weighted by atomic mass is 9.83. The van der Waals surface area contributed by atoms with Crippen molar-refractivity contribution in [1.29, 1.82) is 0 Å². The van der Waals surface area contributed by atoms with Gasteiger partial charge >= 0.3 is 0 Å². The van der Waals surface area contributed by atoms with Crippen molar-refractivity contribution in [3.8, 4) is 44.5 Å². The summed E-state index contributed by atoms with van der Waals surface area (Å²) in [6.45, 7) is 0. The van der Waals surface area contributed by atoms with Gasteiger partial charge in [-0.05, 0) is 101 Å². The molecule has 0 aliphatic rings. The summed E-state index contributed by atoms with van der Waals surface area (Å²) in [6.07, 6.45) is 0. The van der Waals surface area contributed by atoms with Gasteiger partial charge in [-0.1, -0.05) is 146 Å². The fraction of sp³-hybridized carbons (Fsp3) is 0. The summed E-state index contributed by atoms with van der Waals surface area (Å²) in [5.41, 5.74) is 11.8. The highest BCUT2D eigenvalue weighted by molar-refractivity contribution is 6.26. The van der Waals surface area contributed by atoms with Crippen LogP contribution in [0.4, 0.5) is 0 Å². The second-order valence-electron chi connectivity index (χ2n) is 12.4. The molecule has 0 radical (unpaired) electrons. The zero-order valence-electron chi connectivity index (χ0n) is 25.6. The Kier molecular flexibility index (Phi) is 5.64. The van der Waals surface area contributed by atoms with Crippen LogP contribution in [0.3, 0.4) is 0 Å². The second-order valence-corrected chi connectivity index (χ2v) is 12.4. The molecule has 47 heavy (non-hydrogen) atoms. The highest BCUT2D eigenvalue weighted by atomic mass is 16.3. The van der Waals surface area contributed by atoms with Gasteiger partial charge in [-0.25, -0.2) is 0 Å². The van der Waals surface area contributed by atoms with E-state index in [0.29, 0.717) is 0 Å². The molecule has 0 N–H and O–H groups in total. The molecule has 0 saturated heterocycles. The van der Waals surface area contributed by atoms with Crippen LogP contribution < -0.4 is 0 Å². The normalized spacial score (nSPS) is 11.8. The van der Waals surface area contributed by atoms with E-state index < -0.39 is 0 Å². The van der Waals surface area contributed by atoms with E-state index in [-0.39, 0.29) is 0 Å². The van der Waals surface area contributed by atoms with Crippen molar-refractivity contribution >= 4 is 54.3 Å². The van der Waals surface area contributed by atoms with E-state index in [9.17, 15) is 0 Å². The molecule has 1 nitrogen and oxygen atoms in total. The van der Waals surface area contributed by atoms with Gasteiger partial charge in [0.25, 0.3) is 0 Å². The van der Waals surface area contributed by atoms with Crippen LogP contribution in [0.15, 0.2) is 174 Å². The molecule has 0 fully saturated rings. The molecule has 0 aliphatic carbocycles. The number of hydrogen-bond donors (Lipinski definition) is 0. The Labute approximate surface area is 272 Å². The molecule has 1 heterocycles. The average Bonchev–Trinajstić information content (AvgIpc) is 3.53. The first-order valence-electron chi connectivity index (χ1n) is 16.2. The molecule has 0 bridgehead atoms. The summed E-state index contributed by atoms with van der Waals surface area (Å²) in [7, 11) is 0. The number of rotatable bonds is 4. The van der Waals surface area contributed by atoms with Gasteiger partial charge in [0.1, 0.15) is 11.2 Å². The van der Waals surface area contributed by atoms with Crippen LogP contribution in [0.2, 0.25) is 0 Å². The average molecular weight is 597 g/mol. The standard InChI is InChI=1S/C46H28O/c1-2-13-29(14-3-1)33-18-4-5-19-34(33)45-37-22-8-6-20-35(37)43(36-21-7-9-23-38(36)45)31-16-10-15-30(27-31)40-28-32-17-11-25-41-44(32)46-39(40)24-12-26-42(46)47-41/h1-28H. The molecular formula is C46H28O. The topological polar surface area (TPSA) is 13.1 Å². The molecule has 0 unspecified atom stereocenters. The van der Waals surface area contributed by atoms with Crippen LogP contribution in [0, 0.1) is 0 Å². The van der Waals surface area contributed by atoms with E-state index in [0.717, 1.165) is 11.2 Å². The molecule has 10 aromatic rings. The quantitative estimate of drug-likeness (QED) is 0.145. The molecule has 9 aromatic carbocycles. The van der Waals surface area contributed by atoms with Crippen LogP contribution in [-0.4, -0.2) is 0 Å². The van der Waals surface area contributed by atoms with E-state index in [1.807, 2.05) is 0 Å². The van der Waals surface area contributed by atoms with Gasteiger partial charge < -0.3 is 4.42 Å². The van der Waals surface area contributed by atoms with E-state index in [4.69, 9.17) is 4.42 Å². The Morgan fingerprint density at radius 2 is 0.830 bits per heavy atom. The minimum atomic E-state index is 0.940. The van der Waals surface area contributed by atoms with Gasteiger partial charge in [-0.2, -0.15) is 0 Å². The van der Waals surface area contributed by atoms with Crippen LogP contribution >= 0.6 is 0 Å². The maximum Gasteiger partial charge on any atom is 0.136 e. The van der Waals surface area contributed by atoms with Crippen LogP contribution in [0.25, 0.3) is 98.8 Å². The van der Waals surface area contributed by atoms with Crippen LogP contribution in [-0.2, 0) is 0 Å². The van der Waals surface area contributed by atoms with Gasteiger partial charge in [0.05, 0.1) is 0 Å². The minimum absolute atomic E-state index is 0.940. The summed E-state index contributed by atoms with van der Waals surface area (Å²) in [5, 5.41) is 9.86. The zero-order valence-corrected chi connectivity index (χ0v) is 25.6. The third-order valence-corrected chi connectivity index (χ3v) is 9.82. The molecule has 1 heteroatoms. The van der Waals surface area contributed by atoms with Gasteiger partial charge in [-0.3, -0.25) is 0 Å². The molecule has 0 aliphatic heterocycles. The van der Waals surface area contributed by atoms with Crippen molar-refractivity contribution in [2.45, 2.75) is 0 Å². The van der Waals surface area contributed by atoms with Crippen LogP contribution in [0.1, 0.15) is 0 Å². The first-order chi connectivity index (χ1) is 23.3. The fourth-order valence-electron chi connectivity index (χ4n) is 7.85. The Balaban J connectivity index is 1.25. The summed E-state index contributed by atoms with van der Waals surface area (Å²) in [4.78, 5) is 0. The molecule has 10 rings (SSSR count). The van der Waals surface area contributed by atoms with E-state index in [1.54, 1.807) is 0 Å². The first kappa shape index (κ1) is 26.1. The molecule has 218 valence electrons. The number of benzene rings is 9. The smallest absolute Gasteiger partial charge is 0.136 e. The summed E-state index contributed by atoms with van der Waals surface area (Å²) >= 11 is 0. The van der Waals surface area contributed by atoms with Crippen molar-refractivity contribution in [2.75, 3.05) is 0 Å². The zero-order chi connectivity index (χ0) is 30.9. The van der Waals surface area contributed by atoms with Crippen LogP contribution in [0.5, 0.6) is 0 Å². The fourth-order valence-corrected chi connectivity index (χ4v) is 7.85. The largest absolute Gasteiger partial charge is 0.456 e. The van der Waals surface area contributed by atoms with Crippen molar-refractivity contribution < 1.29 is 4.42 Å². The maximum absolute atomic E-state index is 6.28. The lowest BCUT2D eigenvalue weighted by molar-refractivity contribution is 0.669. The summed E-state index contributed by atoms with van der Waals surface area (Å²) in [6, 6.07) is 61.6. The maximum atomic E-state index is 6.28. The van der Waals surface area contributed by atoms with Crippen molar-refractivity contribution in [2.24, 2.45) is 0 Å². The highest BCUT2D eigenvalue weighted by Crippen LogP contribution is 2.47. The summed E-state index contributed by atoms with van der Waals surface area (Å²) in [5.74, 6) is 0. The van der Waals surface area contributed by atoms with Gasteiger partial charge in [0.2, 0.25) is 0 Å². The minimum Gasteiger partial charge on any atom is -0.456 e. The lowest BCUT2D eigenvalue weighted by Gasteiger charge is -2.20. The Bertz CT molecular complexity index is 2730. The molecule has 0 amide bonds. The number of fused-ring (bicyclic) bond motifs is 2. The van der Waals surface area contributed by atoms with Crippen molar-refractivity contribution in [1.82, 2.24) is 0 Å².